The van der Waals surface area contributed by atoms with Gasteiger partial charge in [0, 0.05) is 6.42 Å². The van der Waals surface area contributed by atoms with Gasteiger partial charge in [0.05, 0.1) is 33.5 Å². The van der Waals surface area contributed by atoms with E-state index in [1.54, 1.807) is 24.3 Å². The molecule has 1 aliphatic rings. The summed E-state index contributed by atoms with van der Waals surface area (Å²) in [7, 11) is 4.40. The first-order valence-electron chi connectivity index (χ1n) is 11.8. The fourth-order valence-electron chi connectivity index (χ4n) is 3.78. The molecule has 0 amide bonds. The lowest BCUT2D eigenvalue weighted by Crippen LogP contribution is -2.11. The Morgan fingerprint density at radius 1 is 0.895 bits per heavy atom. The van der Waals surface area contributed by atoms with Crippen LogP contribution in [-0.4, -0.2) is 45.8 Å². The van der Waals surface area contributed by atoms with Crippen LogP contribution in [0.1, 0.15) is 28.4 Å². The summed E-state index contributed by atoms with van der Waals surface area (Å²) in [4.78, 5) is 29.7. The summed E-state index contributed by atoms with van der Waals surface area (Å²) in [5, 5.41) is 0. The molecule has 1 heterocycles. The molecular formula is C29H27NO8. The lowest BCUT2D eigenvalue weighted by molar-refractivity contribution is -0.130. The van der Waals surface area contributed by atoms with Crippen LogP contribution in [0.2, 0.25) is 0 Å². The second-order valence-corrected chi connectivity index (χ2v) is 8.03. The number of carbonyl (C=O) groups excluding carboxylic acids is 2. The highest BCUT2D eigenvalue weighted by Gasteiger charge is 2.24. The van der Waals surface area contributed by atoms with Crippen molar-refractivity contribution < 1.29 is 38.0 Å². The van der Waals surface area contributed by atoms with Gasteiger partial charge in [-0.05, 0) is 48.4 Å². The first-order chi connectivity index (χ1) is 18.4. The van der Waals surface area contributed by atoms with Crippen LogP contribution < -0.4 is 23.7 Å². The van der Waals surface area contributed by atoms with E-state index in [4.69, 9.17) is 28.4 Å². The lowest BCUT2D eigenvalue weighted by Gasteiger charge is -2.15. The molecule has 0 fully saturated rings. The molecule has 9 nitrogen and oxygen atoms in total. The number of methoxy groups -OCH3 is 3. The quantitative estimate of drug-likeness (QED) is 0.213. The zero-order chi connectivity index (χ0) is 27.1. The van der Waals surface area contributed by atoms with E-state index < -0.39 is 11.9 Å². The summed E-state index contributed by atoms with van der Waals surface area (Å²) < 4.78 is 32.6. The van der Waals surface area contributed by atoms with E-state index in [-0.39, 0.29) is 17.0 Å². The van der Waals surface area contributed by atoms with Crippen LogP contribution in [0.4, 0.5) is 0 Å². The van der Waals surface area contributed by atoms with Crippen LogP contribution in [0.3, 0.4) is 0 Å². The van der Waals surface area contributed by atoms with Gasteiger partial charge in [-0.3, -0.25) is 0 Å². The molecule has 0 saturated heterocycles. The van der Waals surface area contributed by atoms with Crippen LogP contribution in [-0.2, 0) is 16.0 Å². The number of cyclic esters (lactones) is 1. The van der Waals surface area contributed by atoms with Crippen molar-refractivity contribution in [1.29, 1.82) is 0 Å². The highest BCUT2D eigenvalue weighted by Crippen LogP contribution is 2.39. The monoisotopic (exact) mass is 517 g/mol. The number of carbonyl (C=O) groups is 2. The fourth-order valence-corrected chi connectivity index (χ4v) is 3.78. The number of ether oxygens (including phenoxy) is 6. The predicted molar refractivity (Wildman–Crippen MR) is 140 cm³/mol. The Morgan fingerprint density at radius 2 is 1.61 bits per heavy atom. The van der Waals surface area contributed by atoms with E-state index in [0.29, 0.717) is 47.5 Å². The van der Waals surface area contributed by atoms with E-state index in [2.05, 4.69) is 4.99 Å². The average Bonchev–Trinajstić information content (AvgIpc) is 3.27. The third-order valence-corrected chi connectivity index (χ3v) is 5.54. The average molecular weight is 518 g/mol. The van der Waals surface area contributed by atoms with E-state index in [0.717, 1.165) is 5.56 Å². The molecule has 0 N–H and O–H groups in total. The van der Waals surface area contributed by atoms with E-state index in [1.807, 2.05) is 37.3 Å². The van der Waals surface area contributed by atoms with Gasteiger partial charge in [0.15, 0.2) is 28.7 Å². The Hall–Kier alpha value is -4.79. The van der Waals surface area contributed by atoms with Gasteiger partial charge in [0.25, 0.3) is 0 Å². The number of aliphatic imine (C=N–C) groups is 1. The topological polar surface area (TPSA) is 102 Å². The van der Waals surface area contributed by atoms with Crippen molar-refractivity contribution in [2.75, 3.05) is 27.9 Å². The van der Waals surface area contributed by atoms with Crippen molar-refractivity contribution in [3.8, 4) is 28.7 Å². The molecule has 0 atom stereocenters. The second kappa shape index (κ2) is 12.0. The first-order valence-corrected chi connectivity index (χ1v) is 11.8. The first kappa shape index (κ1) is 26.3. The lowest BCUT2D eigenvalue weighted by atomic mass is 10.1. The van der Waals surface area contributed by atoms with Gasteiger partial charge in [-0.2, -0.15) is 0 Å². The molecular weight excluding hydrogens is 490 g/mol. The molecule has 0 bridgehead atoms. The highest BCUT2D eigenvalue weighted by molar-refractivity contribution is 6.07. The van der Waals surface area contributed by atoms with Crippen molar-refractivity contribution >= 4 is 23.9 Å². The third-order valence-electron chi connectivity index (χ3n) is 5.54. The summed E-state index contributed by atoms with van der Waals surface area (Å²) in [6, 6.07) is 17.5. The SMILES string of the molecule is CCOc1cc(/C=C2/N=C(Cc3ccccc3)OC2=O)ccc1OC(=O)c1cc(OC)c(OC)c(OC)c1. The van der Waals surface area contributed by atoms with Crippen LogP contribution in [0.5, 0.6) is 28.7 Å². The molecule has 4 rings (SSSR count). The Bertz CT molecular complexity index is 1370. The number of hydrogen-bond donors (Lipinski definition) is 0. The normalized spacial score (nSPS) is 13.5. The van der Waals surface area contributed by atoms with Crippen LogP contribution in [0.25, 0.3) is 6.08 Å². The number of hydrogen-bond acceptors (Lipinski definition) is 9. The maximum Gasteiger partial charge on any atom is 0.363 e. The predicted octanol–water partition coefficient (Wildman–Crippen LogP) is 4.87. The van der Waals surface area contributed by atoms with Gasteiger partial charge >= 0.3 is 11.9 Å². The summed E-state index contributed by atoms with van der Waals surface area (Å²) in [5.41, 5.74) is 1.97. The molecule has 0 aliphatic carbocycles. The summed E-state index contributed by atoms with van der Waals surface area (Å²) in [6.07, 6.45) is 2.00. The minimum Gasteiger partial charge on any atom is -0.493 e. The van der Waals surface area contributed by atoms with Crippen molar-refractivity contribution in [2.45, 2.75) is 13.3 Å². The number of benzene rings is 3. The summed E-state index contributed by atoms with van der Waals surface area (Å²) in [5.74, 6) is 0.672. The zero-order valence-corrected chi connectivity index (χ0v) is 21.5. The van der Waals surface area contributed by atoms with Crippen LogP contribution in [0, 0.1) is 0 Å². The maximum absolute atomic E-state index is 13.0. The number of rotatable bonds is 10. The van der Waals surface area contributed by atoms with E-state index in [1.165, 1.54) is 33.5 Å². The van der Waals surface area contributed by atoms with Crippen molar-refractivity contribution in [3.63, 3.8) is 0 Å². The highest BCUT2D eigenvalue weighted by atomic mass is 16.6. The molecule has 0 aromatic heterocycles. The van der Waals surface area contributed by atoms with Crippen LogP contribution >= 0.6 is 0 Å². The van der Waals surface area contributed by atoms with Gasteiger partial charge < -0.3 is 28.4 Å². The Labute approximate surface area is 220 Å². The summed E-state index contributed by atoms with van der Waals surface area (Å²) in [6.45, 7) is 2.14. The molecule has 0 radical (unpaired) electrons. The molecule has 1 aliphatic heterocycles. The smallest absolute Gasteiger partial charge is 0.363 e. The number of esters is 2. The minimum atomic E-state index is -0.647. The van der Waals surface area contributed by atoms with Gasteiger partial charge in [-0.1, -0.05) is 36.4 Å². The Balaban J connectivity index is 1.57. The van der Waals surface area contributed by atoms with Gasteiger partial charge in [-0.15, -0.1) is 0 Å². The van der Waals surface area contributed by atoms with Crippen molar-refractivity contribution in [3.05, 3.63) is 83.1 Å². The minimum absolute atomic E-state index is 0.167. The molecule has 3 aromatic rings. The second-order valence-electron chi connectivity index (χ2n) is 8.03. The molecule has 9 heteroatoms. The largest absolute Gasteiger partial charge is 0.493 e. The third kappa shape index (κ3) is 5.95. The van der Waals surface area contributed by atoms with E-state index in [9.17, 15) is 9.59 Å². The maximum atomic E-state index is 13.0. The molecule has 38 heavy (non-hydrogen) atoms. The van der Waals surface area contributed by atoms with Crippen molar-refractivity contribution in [2.24, 2.45) is 4.99 Å². The zero-order valence-electron chi connectivity index (χ0n) is 21.5. The van der Waals surface area contributed by atoms with Gasteiger partial charge in [-0.25, -0.2) is 14.6 Å². The Morgan fingerprint density at radius 3 is 2.24 bits per heavy atom. The number of nitrogens with zero attached hydrogens (tertiary/aromatic N) is 1. The van der Waals surface area contributed by atoms with Gasteiger partial charge in [0.2, 0.25) is 11.6 Å². The fraction of sp³-hybridized carbons (Fsp3) is 0.207. The molecule has 196 valence electrons. The summed E-state index contributed by atoms with van der Waals surface area (Å²) >= 11 is 0. The Kier molecular flexibility index (Phi) is 8.27. The molecule has 0 saturated carbocycles. The molecule has 3 aromatic carbocycles. The van der Waals surface area contributed by atoms with Gasteiger partial charge in [0.1, 0.15) is 0 Å². The van der Waals surface area contributed by atoms with Crippen LogP contribution in [0.15, 0.2) is 71.4 Å². The standard InChI is InChI=1S/C29H27NO8/c1-5-36-23-14-19(13-21-29(32)38-26(30-21)15-18-9-7-6-8-10-18)11-12-22(23)37-28(31)20-16-24(33-2)27(35-4)25(17-20)34-3/h6-14,16-17H,5,15H2,1-4H3/b21-13+. The molecule has 0 spiro atoms. The van der Waals surface area contributed by atoms with E-state index >= 15 is 0 Å². The molecule has 0 unspecified atom stereocenters. The van der Waals surface area contributed by atoms with Crippen molar-refractivity contribution in [1.82, 2.24) is 0 Å².